The molecule has 4 nitrogen and oxygen atoms in total. The number of fused-ring (bicyclic) bond motifs is 1. The van der Waals surface area contributed by atoms with Crippen LogP contribution in [-0.4, -0.2) is 40.5 Å². The van der Waals surface area contributed by atoms with Gasteiger partial charge in [0.1, 0.15) is 5.65 Å². The lowest BCUT2D eigenvalue weighted by molar-refractivity contribution is 0.231. The zero-order valence-corrected chi connectivity index (χ0v) is 10.2. The van der Waals surface area contributed by atoms with Crippen molar-refractivity contribution in [3.63, 3.8) is 0 Å². The van der Waals surface area contributed by atoms with Gasteiger partial charge < -0.3 is 9.72 Å². The van der Waals surface area contributed by atoms with Crippen molar-refractivity contribution in [2.24, 2.45) is 0 Å². The van der Waals surface area contributed by atoms with Crippen molar-refractivity contribution in [3.8, 4) is 0 Å². The fourth-order valence-corrected chi connectivity index (χ4v) is 2.33. The first-order chi connectivity index (χ1) is 8.31. The third-order valence-electron chi connectivity index (χ3n) is 3.24. The van der Waals surface area contributed by atoms with Gasteiger partial charge in [-0.1, -0.05) is 6.07 Å². The quantitative estimate of drug-likeness (QED) is 0.837. The minimum Gasteiger partial charge on any atom is -0.314 e. The molecule has 0 atom stereocenters. The van der Waals surface area contributed by atoms with Gasteiger partial charge in [0.05, 0.1) is 5.69 Å². The van der Waals surface area contributed by atoms with Crippen molar-refractivity contribution in [3.05, 3.63) is 35.8 Å². The Balaban J connectivity index is 1.80. The van der Waals surface area contributed by atoms with Gasteiger partial charge in [0.25, 0.3) is 0 Å². The van der Waals surface area contributed by atoms with Gasteiger partial charge in [0.15, 0.2) is 0 Å². The van der Waals surface area contributed by atoms with Gasteiger partial charge in [-0.05, 0) is 18.6 Å². The van der Waals surface area contributed by atoms with Crippen LogP contribution in [0.4, 0.5) is 0 Å². The first-order valence-electron chi connectivity index (χ1n) is 6.18. The number of hydrogen-bond donors (Lipinski definition) is 1. The number of imidazole rings is 1. The second kappa shape index (κ2) is 4.47. The molecular weight excluding hydrogens is 212 g/mol. The number of hydrogen-bond acceptors (Lipinski definition) is 3. The predicted octanol–water partition coefficient (Wildman–Crippen LogP) is 1.05. The Kier molecular flexibility index (Phi) is 2.82. The summed E-state index contributed by atoms with van der Waals surface area (Å²) >= 11 is 0. The molecule has 1 N–H and O–H groups in total. The van der Waals surface area contributed by atoms with Gasteiger partial charge in [-0.2, -0.15) is 0 Å². The Bertz CT molecular complexity index is 511. The summed E-state index contributed by atoms with van der Waals surface area (Å²) in [6.07, 6.45) is 4.27. The Labute approximate surface area is 101 Å². The summed E-state index contributed by atoms with van der Waals surface area (Å²) in [5.74, 6) is 0. The number of nitrogens with one attached hydrogen (secondary N) is 1. The van der Waals surface area contributed by atoms with E-state index in [1.165, 1.54) is 5.56 Å². The molecule has 0 amide bonds. The van der Waals surface area contributed by atoms with E-state index in [1.807, 2.05) is 0 Å². The molecule has 3 rings (SSSR count). The van der Waals surface area contributed by atoms with Crippen LogP contribution in [0.15, 0.2) is 24.5 Å². The highest BCUT2D eigenvalue weighted by molar-refractivity contribution is 5.41. The molecule has 0 bridgehead atoms. The molecule has 1 saturated heterocycles. The van der Waals surface area contributed by atoms with Crippen molar-refractivity contribution in [1.29, 1.82) is 0 Å². The highest BCUT2D eigenvalue weighted by atomic mass is 15.2. The van der Waals surface area contributed by atoms with Crippen LogP contribution in [0.25, 0.3) is 5.65 Å². The minimum absolute atomic E-state index is 0.961. The van der Waals surface area contributed by atoms with Gasteiger partial charge in [-0.3, -0.25) is 4.90 Å². The highest BCUT2D eigenvalue weighted by Gasteiger charge is 2.11. The van der Waals surface area contributed by atoms with E-state index in [9.17, 15) is 0 Å². The summed E-state index contributed by atoms with van der Waals surface area (Å²) in [5, 5.41) is 3.37. The van der Waals surface area contributed by atoms with Gasteiger partial charge in [0, 0.05) is 45.1 Å². The second-order valence-corrected chi connectivity index (χ2v) is 4.73. The van der Waals surface area contributed by atoms with Gasteiger partial charge in [-0.15, -0.1) is 0 Å². The predicted molar refractivity (Wildman–Crippen MR) is 68.1 cm³/mol. The Morgan fingerprint density at radius 2 is 2.06 bits per heavy atom. The van der Waals surface area contributed by atoms with Crippen LogP contribution < -0.4 is 5.32 Å². The van der Waals surface area contributed by atoms with Crippen molar-refractivity contribution in [2.75, 3.05) is 26.2 Å². The highest BCUT2D eigenvalue weighted by Crippen LogP contribution is 2.09. The summed E-state index contributed by atoms with van der Waals surface area (Å²) in [5.41, 5.74) is 3.47. The maximum atomic E-state index is 4.65. The molecule has 4 heteroatoms. The molecule has 0 unspecified atom stereocenters. The molecule has 90 valence electrons. The number of pyridine rings is 1. The van der Waals surface area contributed by atoms with Crippen LogP contribution in [0.5, 0.6) is 0 Å². The number of aryl methyl sites for hydroxylation is 1. The number of rotatable bonds is 2. The molecule has 0 aliphatic carbocycles. The van der Waals surface area contributed by atoms with E-state index in [1.54, 1.807) is 0 Å². The van der Waals surface area contributed by atoms with E-state index in [0.717, 1.165) is 44.1 Å². The SMILES string of the molecule is Cc1ccc2nc(CN3CCNCC3)cn2c1. The fraction of sp³-hybridized carbons (Fsp3) is 0.462. The number of piperazine rings is 1. The van der Waals surface area contributed by atoms with Crippen LogP contribution in [0.3, 0.4) is 0 Å². The standard InChI is InChI=1S/C13H18N4/c1-11-2-3-13-15-12(10-17(13)8-11)9-16-6-4-14-5-7-16/h2-3,8,10,14H,4-7,9H2,1H3. The van der Waals surface area contributed by atoms with Gasteiger partial charge in [-0.25, -0.2) is 4.98 Å². The summed E-state index contributed by atoms with van der Waals surface area (Å²) in [7, 11) is 0. The number of nitrogens with zero attached hydrogens (tertiary/aromatic N) is 3. The van der Waals surface area contributed by atoms with Crippen LogP contribution in [0.1, 0.15) is 11.3 Å². The van der Waals surface area contributed by atoms with E-state index < -0.39 is 0 Å². The second-order valence-electron chi connectivity index (χ2n) is 4.73. The molecule has 0 spiro atoms. The zero-order valence-electron chi connectivity index (χ0n) is 10.2. The first kappa shape index (κ1) is 10.7. The van der Waals surface area contributed by atoms with Crippen LogP contribution in [0.2, 0.25) is 0 Å². The summed E-state index contributed by atoms with van der Waals surface area (Å²) in [6.45, 7) is 7.48. The van der Waals surface area contributed by atoms with Crippen molar-refractivity contribution >= 4 is 5.65 Å². The van der Waals surface area contributed by atoms with Crippen molar-refractivity contribution in [2.45, 2.75) is 13.5 Å². The van der Waals surface area contributed by atoms with Crippen LogP contribution in [0, 0.1) is 6.92 Å². The topological polar surface area (TPSA) is 32.6 Å². The summed E-state index contributed by atoms with van der Waals surface area (Å²) in [6, 6.07) is 4.19. The smallest absolute Gasteiger partial charge is 0.137 e. The molecule has 17 heavy (non-hydrogen) atoms. The maximum Gasteiger partial charge on any atom is 0.137 e. The zero-order chi connectivity index (χ0) is 11.7. The molecule has 0 saturated carbocycles. The lowest BCUT2D eigenvalue weighted by Crippen LogP contribution is -2.42. The average Bonchev–Trinajstić information content (AvgIpc) is 2.71. The first-order valence-corrected chi connectivity index (χ1v) is 6.18. The third-order valence-corrected chi connectivity index (χ3v) is 3.24. The van der Waals surface area contributed by atoms with Crippen molar-refractivity contribution in [1.82, 2.24) is 19.6 Å². The van der Waals surface area contributed by atoms with E-state index in [0.29, 0.717) is 0 Å². The molecule has 1 aliphatic heterocycles. The molecular formula is C13H18N4. The van der Waals surface area contributed by atoms with Crippen molar-refractivity contribution < 1.29 is 0 Å². The average molecular weight is 230 g/mol. The Morgan fingerprint density at radius 1 is 1.24 bits per heavy atom. The van der Waals surface area contributed by atoms with E-state index in [-0.39, 0.29) is 0 Å². The third kappa shape index (κ3) is 2.33. The molecule has 0 aromatic carbocycles. The van der Waals surface area contributed by atoms with Gasteiger partial charge in [0.2, 0.25) is 0 Å². The molecule has 2 aromatic rings. The lowest BCUT2D eigenvalue weighted by Gasteiger charge is -2.26. The minimum atomic E-state index is 0.961. The molecule has 2 aromatic heterocycles. The normalized spacial score (nSPS) is 17.7. The maximum absolute atomic E-state index is 4.65. The van der Waals surface area contributed by atoms with E-state index in [4.69, 9.17) is 0 Å². The molecule has 0 radical (unpaired) electrons. The van der Waals surface area contributed by atoms with E-state index >= 15 is 0 Å². The molecule has 1 fully saturated rings. The van der Waals surface area contributed by atoms with Gasteiger partial charge >= 0.3 is 0 Å². The number of aromatic nitrogens is 2. The Morgan fingerprint density at radius 3 is 2.88 bits per heavy atom. The summed E-state index contributed by atoms with van der Waals surface area (Å²) < 4.78 is 2.12. The largest absolute Gasteiger partial charge is 0.314 e. The molecule has 1 aliphatic rings. The molecule has 3 heterocycles. The monoisotopic (exact) mass is 230 g/mol. The summed E-state index contributed by atoms with van der Waals surface area (Å²) in [4.78, 5) is 7.10. The lowest BCUT2D eigenvalue weighted by atomic mass is 10.3. The Hall–Kier alpha value is -1.39. The van der Waals surface area contributed by atoms with Crippen LogP contribution >= 0.6 is 0 Å². The van der Waals surface area contributed by atoms with E-state index in [2.05, 4.69) is 51.1 Å². The van der Waals surface area contributed by atoms with Crippen LogP contribution in [-0.2, 0) is 6.54 Å². The fourth-order valence-electron chi connectivity index (χ4n) is 2.33.